The molecule has 4 nitrogen and oxygen atoms in total. The zero-order chi connectivity index (χ0) is 7.82. The molecule has 1 N–H and O–H groups in total. The van der Waals surface area contributed by atoms with Gasteiger partial charge >= 0.3 is 5.97 Å². The van der Waals surface area contributed by atoms with Gasteiger partial charge in [-0.1, -0.05) is 0 Å². The lowest BCUT2D eigenvalue weighted by Gasteiger charge is -1.81. The maximum absolute atomic E-state index is 10.0. The predicted molar refractivity (Wildman–Crippen MR) is 35.3 cm³/mol. The summed E-state index contributed by atoms with van der Waals surface area (Å²) in [6.45, 7) is 0.638. The molecule has 1 aliphatic rings. The lowest BCUT2D eigenvalue weighted by molar-refractivity contribution is -0.137. The van der Waals surface area contributed by atoms with Gasteiger partial charge in [-0.15, -0.1) is 0 Å². The SMILES string of the molecule is CNC=O.O=C1CCCO1. The minimum atomic E-state index is -0.0463. The second-order valence-corrected chi connectivity index (χ2v) is 1.73. The normalized spacial score (nSPS) is 14.7. The van der Waals surface area contributed by atoms with Gasteiger partial charge in [0.15, 0.2) is 0 Å². The van der Waals surface area contributed by atoms with Crippen LogP contribution in [0.5, 0.6) is 0 Å². The summed E-state index contributed by atoms with van der Waals surface area (Å²) in [5.41, 5.74) is 0. The van der Waals surface area contributed by atoms with Crippen molar-refractivity contribution in [3.05, 3.63) is 0 Å². The van der Waals surface area contributed by atoms with E-state index in [9.17, 15) is 4.79 Å². The van der Waals surface area contributed by atoms with Crippen molar-refractivity contribution < 1.29 is 14.3 Å². The summed E-state index contributed by atoms with van der Waals surface area (Å²) < 4.78 is 4.51. The van der Waals surface area contributed by atoms with E-state index in [-0.39, 0.29) is 5.97 Å². The van der Waals surface area contributed by atoms with E-state index in [1.54, 1.807) is 7.05 Å². The third kappa shape index (κ3) is 5.08. The molecule has 0 spiro atoms. The fourth-order valence-electron chi connectivity index (χ4n) is 0.475. The molecular weight excluding hydrogens is 134 g/mol. The molecule has 0 unspecified atom stereocenters. The lowest BCUT2D eigenvalue weighted by atomic mass is 10.4. The van der Waals surface area contributed by atoms with E-state index in [1.165, 1.54) is 0 Å². The lowest BCUT2D eigenvalue weighted by Crippen LogP contribution is -1.98. The van der Waals surface area contributed by atoms with Crippen LogP contribution in [0.2, 0.25) is 0 Å². The van der Waals surface area contributed by atoms with Gasteiger partial charge in [-0.25, -0.2) is 0 Å². The Morgan fingerprint density at radius 1 is 1.70 bits per heavy atom. The van der Waals surface area contributed by atoms with Crippen LogP contribution in [0, 0.1) is 0 Å². The van der Waals surface area contributed by atoms with Crippen molar-refractivity contribution in [1.82, 2.24) is 5.32 Å². The first-order chi connectivity index (χ1) is 4.81. The molecule has 0 aromatic rings. The first-order valence-electron chi connectivity index (χ1n) is 3.07. The second-order valence-electron chi connectivity index (χ2n) is 1.73. The van der Waals surface area contributed by atoms with Gasteiger partial charge in [0.1, 0.15) is 0 Å². The molecule has 0 saturated carbocycles. The summed E-state index contributed by atoms with van der Waals surface area (Å²) in [5, 5.41) is 2.25. The number of cyclic esters (lactones) is 1. The zero-order valence-corrected chi connectivity index (χ0v) is 5.92. The summed E-state index contributed by atoms with van der Waals surface area (Å²) in [5.74, 6) is -0.0463. The smallest absolute Gasteiger partial charge is 0.305 e. The molecule has 0 aromatic heterocycles. The van der Waals surface area contributed by atoms with Crippen LogP contribution < -0.4 is 5.32 Å². The molecular formula is C6H11NO3. The van der Waals surface area contributed by atoms with Crippen molar-refractivity contribution >= 4 is 12.4 Å². The predicted octanol–water partition coefficient (Wildman–Crippen LogP) is -0.314. The summed E-state index contributed by atoms with van der Waals surface area (Å²) in [4.78, 5) is 19.1. The van der Waals surface area contributed by atoms with Crippen molar-refractivity contribution in [3.8, 4) is 0 Å². The molecule has 1 saturated heterocycles. The Morgan fingerprint density at radius 2 is 2.30 bits per heavy atom. The van der Waals surface area contributed by atoms with Crippen LogP contribution in [0.15, 0.2) is 0 Å². The molecule has 0 atom stereocenters. The van der Waals surface area contributed by atoms with Crippen LogP contribution in [-0.2, 0) is 14.3 Å². The molecule has 1 fully saturated rings. The molecule has 0 radical (unpaired) electrons. The van der Waals surface area contributed by atoms with Crippen LogP contribution >= 0.6 is 0 Å². The first-order valence-corrected chi connectivity index (χ1v) is 3.07. The van der Waals surface area contributed by atoms with Gasteiger partial charge < -0.3 is 10.1 Å². The molecule has 4 heteroatoms. The van der Waals surface area contributed by atoms with Gasteiger partial charge in [-0.3, -0.25) is 9.59 Å². The highest BCUT2D eigenvalue weighted by Crippen LogP contribution is 2.01. The Bertz CT molecular complexity index is 106. The highest BCUT2D eigenvalue weighted by Gasteiger charge is 2.08. The number of carbonyl (C=O) groups excluding carboxylic acids is 2. The number of ether oxygens (including phenoxy) is 1. The highest BCUT2D eigenvalue weighted by molar-refractivity contribution is 5.70. The monoisotopic (exact) mass is 145 g/mol. The Labute approximate surface area is 59.6 Å². The largest absolute Gasteiger partial charge is 0.466 e. The van der Waals surface area contributed by atoms with Crippen molar-refractivity contribution in [2.75, 3.05) is 13.7 Å². The summed E-state index contributed by atoms with van der Waals surface area (Å²) in [7, 11) is 1.56. The highest BCUT2D eigenvalue weighted by atomic mass is 16.5. The van der Waals surface area contributed by atoms with E-state index < -0.39 is 0 Å². The van der Waals surface area contributed by atoms with Gasteiger partial charge in [0.25, 0.3) is 0 Å². The molecule has 1 rings (SSSR count). The summed E-state index contributed by atoms with van der Waals surface area (Å²) >= 11 is 0. The molecule has 58 valence electrons. The Morgan fingerprint density at radius 3 is 2.40 bits per heavy atom. The quantitative estimate of drug-likeness (QED) is 0.406. The maximum atomic E-state index is 10.0. The minimum absolute atomic E-state index is 0.0463. The van der Waals surface area contributed by atoms with E-state index in [4.69, 9.17) is 4.79 Å². The molecule has 0 aromatic carbocycles. The molecule has 1 amide bonds. The van der Waals surface area contributed by atoms with Gasteiger partial charge in [0.2, 0.25) is 6.41 Å². The van der Waals surface area contributed by atoms with Gasteiger partial charge in [-0.2, -0.15) is 0 Å². The van der Waals surface area contributed by atoms with E-state index in [1.807, 2.05) is 0 Å². The van der Waals surface area contributed by atoms with E-state index in [0.29, 0.717) is 19.4 Å². The third-order valence-electron chi connectivity index (χ3n) is 0.906. The Hall–Kier alpha value is -1.06. The maximum Gasteiger partial charge on any atom is 0.305 e. The van der Waals surface area contributed by atoms with E-state index >= 15 is 0 Å². The number of rotatable bonds is 1. The van der Waals surface area contributed by atoms with Crippen molar-refractivity contribution in [2.24, 2.45) is 0 Å². The van der Waals surface area contributed by atoms with Gasteiger partial charge in [0, 0.05) is 13.5 Å². The third-order valence-corrected chi connectivity index (χ3v) is 0.906. The number of hydrogen-bond donors (Lipinski definition) is 1. The van der Waals surface area contributed by atoms with Crippen LogP contribution in [0.25, 0.3) is 0 Å². The zero-order valence-electron chi connectivity index (χ0n) is 5.92. The van der Waals surface area contributed by atoms with Crippen molar-refractivity contribution in [3.63, 3.8) is 0 Å². The van der Waals surface area contributed by atoms with E-state index in [2.05, 4.69) is 10.1 Å². The van der Waals surface area contributed by atoms with Gasteiger partial charge in [0.05, 0.1) is 6.61 Å². The second kappa shape index (κ2) is 6.07. The summed E-state index contributed by atoms with van der Waals surface area (Å²) in [6.07, 6.45) is 2.17. The Kier molecular flexibility index (Phi) is 5.42. The average molecular weight is 145 g/mol. The molecule has 0 aliphatic carbocycles. The number of carbonyl (C=O) groups is 2. The van der Waals surface area contributed by atoms with Crippen LogP contribution in [0.1, 0.15) is 12.8 Å². The number of nitrogens with one attached hydrogen (secondary N) is 1. The topological polar surface area (TPSA) is 55.4 Å². The fraction of sp³-hybridized carbons (Fsp3) is 0.667. The number of hydrogen-bond acceptors (Lipinski definition) is 3. The molecule has 0 bridgehead atoms. The number of amides is 1. The molecule has 10 heavy (non-hydrogen) atoms. The van der Waals surface area contributed by atoms with Crippen LogP contribution in [-0.4, -0.2) is 26.0 Å². The van der Waals surface area contributed by atoms with Gasteiger partial charge in [-0.05, 0) is 6.42 Å². The minimum Gasteiger partial charge on any atom is -0.466 e. The number of esters is 1. The standard InChI is InChI=1S/C4H6O2.C2H5NO/c5-4-2-1-3-6-4;1-3-2-4/h1-3H2;2H,1H3,(H,3,4). The molecule has 1 heterocycles. The van der Waals surface area contributed by atoms with Crippen LogP contribution in [0.3, 0.4) is 0 Å². The van der Waals surface area contributed by atoms with Crippen molar-refractivity contribution in [1.29, 1.82) is 0 Å². The first kappa shape index (κ1) is 8.94. The van der Waals surface area contributed by atoms with Crippen molar-refractivity contribution in [2.45, 2.75) is 12.8 Å². The van der Waals surface area contributed by atoms with Crippen LogP contribution in [0.4, 0.5) is 0 Å². The van der Waals surface area contributed by atoms with E-state index in [0.717, 1.165) is 6.42 Å². The fourth-order valence-corrected chi connectivity index (χ4v) is 0.475. The average Bonchev–Trinajstić information content (AvgIpc) is 2.40. The Balaban J connectivity index is 0.000000180. The summed E-state index contributed by atoms with van der Waals surface area (Å²) in [6, 6.07) is 0. The molecule has 1 aliphatic heterocycles.